The Hall–Kier alpha value is -0.580. The van der Waals surface area contributed by atoms with Crippen molar-refractivity contribution in [1.29, 1.82) is 0 Å². The third-order valence-corrected chi connectivity index (χ3v) is 3.78. The predicted molar refractivity (Wildman–Crippen MR) is 89.7 cm³/mol. The number of esters is 2. The zero-order chi connectivity index (χ0) is 15.1. The van der Waals surface area contributed by atoms with Crippen molar-refractivity contribution in [1.82, 2.24) is 0 Å². The molecule has 0 saturated carbocycles. The highest BCUT2D eigenvalue weighted by molar-refractivity contribution is 14.1. The van der Waals surface area contributed by atoms with Crippen LogP contribution >= 0.6 is 45.2 Å². The van der Waals surface area contributed by atoms with Gasteiger partial charge >= 0.3 is 11.9 Å². The van der Waals surface area contributed by atoms with Crippen molar-refractivity contribution < 1.29 is 24.2 Å². The van der Waals surface area contributed by atoms with Gasteiger partial charge in [-0.05, 0) is 63.7 Å². The predicted octanol–water partition coefficient (Wildman–Crippen LogP) is 3.10. The Bertz CT molecular complexity index is 502. The van der Waals surface area contributed by atoms with Crippen molar-refractivity contribution in [2.75, 3.05) is 13.2 Å². The van der Waals surface area contributed by atoms with Crippen molar-refractivity contribution in [3.8, 4) is 5.75 Å². The number of hydrogen-bond donors (Lipinski definition) is 1. The van der Waals surface area contributed by atoms with Crippen LogP contribution in [0.25, 0.3) is 0 Å². The van der Waals surface area contributed by atoms with Crippen molar-refractivity contribution in [3.05, 3.63) is 24.8 Å². The minimum absolute atomic E-state index is 0.0441. The van der Waals surface area contributed by atoms with Crippen LogP contribution in [0.5, 0.6) is 5.75 Å². The molecule has 1 aromatic carbocycles. The molecule has 7 heteroatoms. The highest BCUT2D eigenvalue weighted by Gasteiger charge is 2.17. The van der Waals surface area contributed by atoms with Crippen LogP contribution in [0.3, 0.4) is 0 Å². The van der Waals surface area contributed by atoms with E-state index in [1.54, 1.807) is 6.07 Å². The number of phenolic OH excluding ortho intramolecular Hbond substituents is 1. The molecule has 0 saturated heterocycles. The summed E-state index contributed by atoms with van der Waals surface area (Å²) in [5.74, 6) is -1.48. The van der Waals surface area contributed by atoms with Gasteiger partial charge in [-0.2, -0.15) is 0 Å². The molecule has 1 N–H and O–H groups in total. The van der Waals surface area contributed by atoms with Gasteiger partial charge in [-0.1, -0.05) is 13.3 Å². The van der Waals surface area contributed by atoms with Crippen molar-refractivity contribution in [2.45, 2.75) is 19.8 Å². The summed E-state index contributed by atoms with van der Waals surface area (Å²) in [6.45, 7) is 1.85. The molecule has 1 rings (SSSR count). The van der Waals surface area contributed by atoms with Crippen molar-refractivity contribution in [2.24, 2.45) is 0 Å². The normalized spacial score (nSPS) is 10.2. The molecule has 20 heavy (non-hydrogen) atoms. The second-order valence-electron chi connectivity index (χ2n) is 3.93. The summed E-state index contributed by atoms with van der Waals surface area (Å²) in [6.07, 6.45) is 1.69. The lowest BCUT2D eigenvalue weighted by Crippen LogP contribution is -2.17. The van der Waals surface area contributed by atoms with Gasteiger partial charge in [0.25, 0.3) is 0 Å². The third kappa shape index (κ3) is 5.43. The first-order chi connectivity index (χ1) is 9.45. The van der Waals surface area contributed by atoms with E-state index in [2.05, 4.69) is 0 Å². The highest BCUT2D eigenvalue weighted by atomic mass is 127. The van der Waals surface area contributed by atoms with Gasteiger partial charge in [0.1, 0.15) is 11.3 Å². The Morgan fingerprint density at radius 2 is 1.95 bits per heavy atom. The molecule has 0 bridgehead atoms. The summed E-state index contributed by atoms with van der Waals surface area (Å²) in [7, 11) is 0. The van der Waals surface area contributed by atoms with Gasteiger partial charge in [-0.3, -0.25) is 0 Å². The molecule has 0 radical (unpaired) electrons. The third-order valence-electron chi connectivity index (χ3n) is 2.33. The maximum Gasteiger partial charge on any atom is 0.344 e. The second-order valence-corrected chi connectivity index (χ2v) is 6.34. The summed E-state index contributed by atoms with van der Waals surface area (Å²) in [4.78, 5) is 23.1. The topological polar surface area (TPSA) is 72.8 Å². The molecular formula is C13H14I2O5. The average Bonchev–Trinajstić information content (AvgIpc) is 2.40. The van der Waals surface area contributed by atoms with Gasteiger partial charge in [0.2, 0.25) is 0 Å². The number of aromatic hydroxyl groups is 1. The summed E-state index contributed by atoms with van der Waals surface area (Å²) in [6, 6.07) is 3.23. The van der Waals surface area contributed by atoms with Crippen LogP contribution < -0.4 is 0 Å². The van der Waals surface area contributed by atoms with Gasteiger partial charge in [0, 0.05) is 3.57 Å². The zero-order valence-electron chi connectivity index (χ0n) is 10.8. The fourth-order valence-electron chi connectivity index (χ4n) is 1.30. The van der Waals surface area contributed by atoms with Crippen LogP contribution in [-0.2, 0) is 14.3 Å². The van der Waals surface area contributed by atoms with Gasteiger partial charge in [-0.25, -0.2) is 9.59 Å². The number of rotatable bonds is 6. The van der Waals surface area contributed by atoms with Crippen LogP contribution in [0, 0.1) is 7.14 Å². The summed E-state index contributed by atoms with van der Waals surface area (Å²) < 4.78 is 11.0. The fourth-order valence-corrected chi connectivity index (χ4v) is 3.14. The first-order valence-corrected chi connectivity index (χ1v) is 8.12. The van der Waals surface area contributed by atoms with Crippen molar-refractivity contribution in [3.63, 3.8) is 0 Å². The molecule has 0 aliphatic rings. The van der Waals surface area contributed by atoms with Crippen molar-refractivity contribution >= 4 is 57.1 Å². The van der Waals surface area contributed by atoms with E-state index < -0.39 is 18.5 Å². The molecular weight excluding hydrogens is 490 g/mol. The SMILES string of the molecule is CCCCOC(=O)COC(=O)c1cc(I)cc(I)c1O. The number of carbonyl (C=O) groups excluding carboxylic acids is 2. The lowest BCUT2D eigenvalue weighted by Gasteiger charge is -2.08. The number of benzene rings is 1. The summed E-state index contributed by atoms with van der Waals surface area (Å²) in [5, 5.41) is 9.80. The van der Waals surface area contributed by atoms with E-state index in [4.69, 9.17) is 9.47 Å². The summed E-state index contributed by atoms with van der Waals surface area (Å²) >= 11 is 3.95. The number of unbranched alkanes of at least 4 members (excludes halogenated alkanes) is 1. The Balaban J connectivity index is 2.57. The Morgan fingerprint density at radius 3 is 2.60 bits per heavy atom. The lowest BCUT2D eigenvalue weighted by molar-refractivity contribution is -0.147. The number of ether oxygens (including phenoxy) is 2. The number of halogens is 2. The first-order valence-electron chi connectivity index (χ1n) is 5.96. The lowest BCUT2D eigenvalue weighted by atomic mass is 10.2. The van der Waals surface area contributed by atoms with Gasteiger partial charge in [0.15, 0.2) is 6.61 Å². The molecule has 0 atom stereocenters. The molecule has 0 amide bonds. The van der Waals surface area contributed by atoms with E-state index in [1.165, 1.54) is 6.07 Å². The van der Waals surface area contributed by atoms with Crippen LogP contribution in [0.15, 0.2) is 12.1 Å². The molecule has 0 heterocycles. The molecule has 110 valence electrons. The van der Waals surface area contributed by atoms with E-state index in [9.17, 15) is 14.7 Å². The quantitative estimate of drug-likeness (QED) is 0.367. The molecule has 1 aromatic rings. The Morgan fingerprint density at radius 1 is 1.25 bits per heavy atom. The minimum Gasteiger partial charge on any atom is -0.506 e. The minimum atomic E-state index is -0.744. The number of phenols is 1. The fraction of sp³-hybridized carbons (Fsp3) is 0.385. The van der Waals surface area contributed by atoms with E-state index in [0.717, 1.165) is 16.4 Å². The molecule has 0 spiro atoms. The molecule has 0 aromatic heterocycles. The van der Waals surface area contributed by atoms with Crippen LogP contribution in [-0.4, -0.2) is 30.3 Å². The van der Waals surface area contributed by atoms with E-state index in [1.807, 2.05) is 52.1 Å². The zero-order valence-corrected chi connectivity index (χ0v) is 15.1. The standard InChI is InChI=1S/C13H14I2O5/c1-2-3-4-19-11(16)7-20-13(18)9-5-8(14)6-10(15)12(9)17/h5-6,17H,2-4,7H2,1H3. The maximum atomic E-state index is 11.8. The molecule has 5 nitrogen and oxygen atoms in total. The van der Waals surface area contributed by atoms with E-state index >= 15 is 0 Å². The monoisotopic (exact) mass is 504 g/mol. The Labute approximate surface area is 144 Å². The molecule has 0 aliphatic heterocycles. The van der Waals surface area contributed by atoms with Crippen LogP contribution in [0.2, 0.25) is 0 Å². The Kier molecular flexibility index (Phi) is 7.56. The first kappa shape index (κ1) is 17.5. The van der Waals surface area contributed by atoms with Gasteiger partial charge < -0.3 is 14.6 Å². The average molecular weight is 504 g/mol. The van der Waals surface area contributed by atoms with E-state index in [-0.39, 0.29) is 11.3 Å². The molecule has 0 fully saturated rings. The second kappa shape index (κ2) is 8.65. The molecule has 0 unspecified atom stereocenters. The van der Waals surface area contributed by atoms with Crippen LogP contribution in [0.1, 0.15) is 30.1 Å². The number of hydrogen-bond acceptors (Lipinski definition) is 5. The maximum absolute atomic E-state index is 11.8. The van der Waals surface area contributed by atoms with Crippen LogP contribution in [0.4, 0.5) is 0 Å². The van der Waals surface area contributed by atoms with E-state index in [0.29, 0.717) is 10.2 Å². The highest BCUT2D eigenvalue weighted by Crippen LogP contribution is 2.27. The van der Waals surface area contributed by atoms with Gasteiger partial charge in [-0.15, -0.1) is 0 Å². The van der Waals surface area contributed by atoms with Gasteiger partial charge in [0.05, 0.1) is 10.2 Å². The summed E-state index contributed by atoms with van der Waals surface area (Å²) in [5.41, 5.74) is 0.0441. The smallest absolute Gasteiger partial charge is 0.344 e. The number of carbonyl (C=O) groups is 2. The molecule has 0 aliphatic carbocycles. The largest absolute Gasteiger partial charge is 0.506 e.